The van der Waals surface area contributed by atoms with Gasteiger partial charge in [-0.3, -0.25) is 20.3 Å². The molecule has 1 N–H and O–H groups in total. The van der Waals surface area contributed by atoms with Crippen molar-refractivity contribution in [2.45, 2.75) is 26.1 Å². The Hall–Kier alpha value is -1.50. The van der Waals surface area contributed by atoms with E-state index in [1.165, 1.54) is 6.07 Å². The van der Waals surface area contributed by atoms with Crippen LogP contribution in [0.3, 0.4) is 0 Å². The lowest BCUT2D eigenvalue weighted by Crippen LogP contribution is -2.52. The predicted molar refractivity (Wildman–Crippen MR) is 76.4 cm³/mol. The maximum atomic E-state index is 10.8. The first kappa shape index (κ1) is 14.9. The molecule has 0 saturated carbocycles. The van der Waals surface area contributed by atoms with Crippen molar-refractivity contribution in [1.82, 2.24) is 10.2 Å². The molecule has 20 heavy (non-hydrogen) atoms. The van der Waals surface area contributed by atoms with E-state index in [0.29, 0.717) is 13.2 Å². The third kappa shape index (κ3) is 4.00. The van der Waals surface area contributed by atoms with Gasteiger partial charge in [-0.15, -0.1) is 0 Å². The topological polar surface area (TPSA) is 67.6 Å². The fraction of sp³-hybridized carbons (Fsp3) is 0.571. The standard InChI is InChI=1S/C14H21N3O3/c1-2-7-16(14-11-20-8-6-15-14)10-12-4-3-5-13(9-12)17(18)19/h3-5,9,14-15H,2,6-8,10-11H2,1H3. The van der Waals surface area contributed by atoms with Crippen LogP contribution >= 0.6 is 0 Å². The van der Waals surface area contributed by atoms with Crippen LogP contribution in [0.25, 0.3) is 0 Å². The van der Waals surface area contributed by atoms with Gasteiger partial charge >= 0.3 is 0 Å². The Morgan fingerprint density at radius 3 is 3.05 bits per heavy atom. The van der Waals surface area contributed by atoms with Gasteiger partial charge < -0.3 is 4.74 Å². The summed E-state index contributed by atoms with van der Waals surface area (Å²) >= 11 is 0. The Labute approximate surface area is 118 Å². The van der Waals surface area contributed by atoms with Gasteiger partial charge in [-0.1, -0.05) is 19.1 Å². The second-order valence-electron chi connectivity index (χ2n) is 4.94. The maximum absolute atomic E-state index is 10.8. The first-order valence-electron chi connectivity index (χ1n) is 6.99. The van der Waals surface area contributed by atoms with Crippen LogP contribution < -0.4 is 5.32 Å². The number of nitro benzene ring substituents is 1. The van der Waals surface area contributed by atoms with Crippen molar-refractivity contribution in [1.29, 1.82) is 0 Å². The Balaban J connectivity index is 2.06. The molecule has 0 bridgehead atoms. The Morgan fingerprint density at radius 2 is 2.40 bits per heavy atom. The van der Waals surface area contributed by atoms with Gasteiger partial charge in [-0.25, -0.2) is 0 Å². The van der Waals surface area contributed by atoms with Crippen molar-refractivity contribution < 1.29 is 9.66 Å². The summed E-state index contributed by atoms with van der Waals surface area (Å²) in [7, 11) is 0. The van der Waals surface area contributed by atoms with Gasteiger partial charge in [0.15, 0.2) is 0 Å². The highest BCUT2D eigenvalue weighted by Crippen LogP contribution is 2.16. The van der Waals surface area contributed by atoms with E-state index in [2.05, 4.69) is 17.1 Å². The van der Waals surface area contributed by atoms with Crippen molar-refractivity contribution in [2.24, 2.45) is 0 Å². The summed E-state index contributed by atoms with van der Waals surface area (Å²) in [5.41, 5.74) is 1.10. The molecule has 6 nitrogen and oxygen atoms in total. The van der Waals surface area contributed by atoms with E-state index in [-0.39, 0.29) is 16.8 Å². The molecule has 1 fully saturated rings. The fourth-order valence-corrected chi connectivity index (χ4v) is 2.42. The highest BCUT2D eigenvalue weighted by molar-refractivity contribution is 5.34. The number of ether oxygens (including phenoxy) is 1. The van der Waals surface area contributed by atoms with Crippen LogP contribution in [-0.2, 0) is 11.3 Å². The van der Waals surface area contributed by atoms with Crippen molar-refractivity contribution in [3.63, 3.8) is 0 Å². The molecule has 1 saturated heterocycles. The van der Waals surface area contributed by atoms with E-state index in [1.807, 2.05) is 6.07 Å². The summed E-state index contributed by atoms with van der Waals surface area (Å²) in [6.07, 6.45) is 1.22. The second-order valence-corrected chi connectivity index (χ2v) is 4.94. The van der Waals surface area contributed by atoms with E-state index < -0.39 is 0 Å². The predicted octanol–water partition coefficient (Wildman–Crippen LogP) is 1.75. The van der Waals surface area contributed by atoms with E-state index in [0.717, 1.165) is 31.7 Å². The third-order valence-electron chi connectivity index (χ3n) is 3.36. The number of nitrogens with zero attached hydrogens (tertiary/aromatic N) is 2. The van der Waals surface area contributed by atoms with Crippen LogP contribution in [0.5, 0.6) is 0 Å². The number of morpholine rings is 1. The molecule has 0 aliphatic carbocycles. The summed E-state index contributed by atoms with van der Waals surface area (Å²) in [4.78, 5) is 12.8. The number of nitro groups is 1. The highest BCUT2D eigenvalue weighted by Gasteiger charge is 2.21. The van der Waals surface area contributed by atoms with Gasteiger partial charge in [0.2, 0.25) is 0 Å². The Morgan fingerprint density at radius 1 is 1.55 bits per heavy atom. The van der Waals surface area contributed by atoms with Crippen molar-refractivity contribution in [3.8, 4) is 0 Å². The average molecular weight is 279 g/mol. The molecule has 1 unspecified atom stereocenters. The summed E-state index contributed by atoms with van der Waals surface area (Å²) in [6, 6.07) is 6.84. The molecule has 110 valence electrons. The molecule has 1 aliphatic heterocycles. The summed E-state index contributed by atoms with van der Waals surface area (Å²) in [6.45, 7) is 6.01. The third-order valence-corrected chi connectivity index (χ3v) is 3.36. The van der Waals surface area contributed by atoms with Gasteiger partial charge in [0.05, 0.1) is 24.3 Å². The first-order chi connectivity index (χ1) is 9.70. The number of hydrogen-bond donors (Lipinski definition) is 1. The summed E-state index contributed by atoms with van der Waals surface area (Å²) in [5, 5.41) is 14.3. The lowest BCUT2D eigenvalue weighted by Gasteiger charge is -2.34. The maximum Gasteiger partial charge on any atom is 0.269 e. The van der Waals surface area contributed by atoms with E-state index in [9.17, 15) is 10.1 Å². The van der Waals surface area contributed by atoms with Gasteiger partial charge in [-0.2, -0.15) is 0 Å². The highest BCUT2D eigenvalue weighted by atomic mass is 16.6. The van der Waals surface area contributed by atoms with Crippen molar-refractivity contribution in [3.05, 3.63) is 39.9 Å². The van der Waals surface area contributed by atoms with E-state index in [4.69, 9.17) is 4.74 Å². The molecule has 1 aromatic carbocycles. The molecule has 6 heteroatoms. The van der Waals surface area contributed by atoms with Crippen LogP contribution in [0.1, 0.15) is 18.9 Å². The van der Waals surface area contributed by atoms with E-state index in [1.54, 1.807) is 12.1 Å². The molecule has 1 heterocycles. The van der Waals surface area contributed by atoms with Crippen LogP contribution in [0.2, 0.25) is 0 Å². The lowest BCUT2D eigenvalue weighted by molar-refractivity contribution is -0.384. The second kappa shape index (κ2) is 7.33. The minimum atomic E-state index is -0.352. The normalized spacial score (nSPS) is 19.2. The molecule has 1 aromatic rings. The van der Waals surface area contributed by atoms with E-state index >= 15 is 0 Å². The van der Waals surface area contributed by atoms with Crippen LogP contribution in [0.15, 0.2) is 24.3 Å². The average Bonchev–Trinajstić information content (AvgIpc) is 2.48. The monoisotopic (exact) mass is 279 g/mol. The summed E-state index contributed by atoms with van der Waals surface area (Å²) in [5.74, 6) is 0. The molecule has 0 radical (unpaired) electrons. The number of nitrogens with one attached hydrogen (secondary N) is 1. The lowest BCUT2D eigenvalue weighted by atomic mass is 10.1. The van der Waals surface area contributed by atoms with Crippen LogP contribution in [0, 0.1) is 10.1 Å². The van der Waals surface area contributed by atoms with Crippen molar-refractivity contribution in [2.75, 3.05) is 26.3 Å². The largest absolute Gasteiger partial charge is 0.377 e. The van der Waals surface area contributed by atoms with Gasteiger partial charge in [0.25, 0.3) is 5.69 Å². The minimum absolute atomic E-state index is 0.145. The number of rotatable bonds is 6. The Kier molecular flexibility index (Phi) is 5.46. The van der Waals surface area contributed by atoms with Crippen molar-refractivity contribution >= 4 is 5.69 Å². The smallest absolute Gasteiger partial charge is 0.269 e. The zero-order chi connectivity index (χ0) is 14.4. The van der Waals surface area contributed by atoms with Crippen LogP contribution in [-0.4, -0.2) is 42.3 Å². The van der Waals surface area contributed by atoms with Crippen LogP contribution in [0.4, 0.5) is 5.69 Å². The molecule has 1 atom stereocenters. The number of hydrogen-bond acceptors (Lipinski definition) is 5. The zero-order valence-electron chi connectivity index (χ0n) is 11.7. The molecule has 0 spiro atoms. The van der Waals surface area contributed by atoms with Gasteiger partial charge in [0.1, 0.15) is 0 Å². The molecule has 0 amide bonds. The molecular formula is C14H21N3O3. The first-order valence-corrected chi connectivity index (χ1v) is 6.99. The van der Waals surface area contributed by atoms with Gasteiger partial charge in [-0.05, 0) is 18.5 Å². The number of benzene rings is 1. The molecule has 0 aromatic heterocycles. The Bertz CT molecular complexity index is 447. The number of non-ortho nitro benzene ring substituents is 1. The zero-order valence-corrected chi connectivity index (χ0v) is 11.7. The molecule has 1 aliphatic rings. The quantitative estimate of drug-likeness (QED) is 0.634. The SMILES string of the molecule is CCCN(Cc1cccc([N+](=O)[O-])c1)C1COCCN1. The summed E-state index contributed by atoms with van der Waals surface area (Å²) < 4.78 is 5.50. The molecular weight excluding hydrogens is 258 g/mol. The minimum Gasteiger partial charge on any atom is -0.377 e. The van der Waals surface area contributed by atoms with Gasteiger partial charge in [0, 0.05) is 25.2 Å². The fourth-order valence-electron chi connectivity index (χ4n) is 2.42. The molecule has 2 rings (SSSR count).